The van der Waals surface area contributed by atoms with Crippen LogP contribution in [0.2, 0.25) is 0 Å². The number of aromatic hydroxyl groups is 1. The van der Waals surface area contributed by atoms with Crippen molar-refractivity contribution in [3.63, 3.8) is 0 Å². The lowest BCUT2D eigenvalue weighted by atomic mass is 10.0. The number of rotatable bonds is 11. The van der Waals surface area contributed by atoms with Crippen LogP contribution in [0.15, 0.2) is 199 Å². The van der Waals surface area contributed by atoms with Crippen molar-refractivity contribution in [1.82, 2.24) is 5.32 Å². The summed E-state index contributed by atoms with van der Waals surface area (Å²) in [4.78, 5) is 17.2. The number of nitrogens with one attached hydrogen (secondary N) is 1. The van der Waals surface area contributed by atoms with Crippen LogP contribution in [0.25, 0.3) is 0 Å². The first-order valence-electron chi connectivity index (χ1n) is 32.9. The van der Waals surface area contributed by atoms with Gasteiger partial charge in [-0.3, -0.25) is 0 Å². The lowest BCUT2D eigenvalue weighted by molar-refractivity contribution is -0.138. The van der Waals surface area contributed by atoms with Crippen molar-refractivity contribution in [3.8, 4) is 5.75 Å². The Kier molecular flexibility index (Phi) is 36.2. The fourth-order valence-corrected chi connectivity index (χ4v) is 11.4. The molecule has 0 saturated carbocycles. The van der Waals surface area contributed by atoms with Crippen LogP contribution in [-0.2, 0) is 15.7 Å². The number of aryl methyl sites for hydroxylation is 5. The molecular weight excluding hydrogens is 1260 g/mol. The van der Waals surface area contributed by atoms with Crippen molar-refractivity contribution in [3.05, 3.63) is 232 Å². The van der Waals surface area contributed by atoms with Gasteiger partial charge in [0.2, 0.25) is 0 Å². The number of phenolic OH excluding ortho intramolecular Hbond substituents is 1. The molecule has 16 heteroatoms. The molecule has 0 amide bonds. The van der Waals surface area contributed by atoms with Crippen LogP contribution in [0.1, 0.15) is 59.6 Å². The Labute approximate surface area is 577 Å². The number of benzene rings is 8. The average Bonchev–Trinajstić information content (AvgIpc) is 0.997. The Morgan fingerprint density at radius 3 is 1.28 bits per heavy atom. The highest BCUT2D eigenvalue weighted by Crippen LogP contribution is 2.37. The van der Waals surface area contributed by atoms with Gasteiger partial charge in [0, 0.05) is 178 Å². The Hall–Kier alpha value is -7.89. The zero-order valence-electron chi connectivity index (χ0n) is 59.4. The van der Waals surface area contributed by atoms with Crippen molar-refractivity contribution in [2.24, 2.45) is 0 Å². The fourth-order valence-electron chi connectivity index (χ4n) is 11.0. The lowest BCUT2D eigenvalue weighted by Crippen LogP contribution is -2.43. The minimum atomic E-state index is -4.31. The standard InChI is InChI=1S/C11H15N.C11H17N.C10H14N2.C10H13NO.C10H15NO.C10H15N.C9H9BrF3N.C8H11NO/c1-3-7-11(8-4-1)12-9-5-2-6-10-12;1-8-6-9(2)11(12(4)5)10(3)7-8;1-2-4-10(5-3-1)12-8-6-11-7-9-12;1-2-4-10(5-3-1)11-6-8-12-9-7-11;1-3-12-9-11(2)10-7-5-4-6-8-10;1-8-6-5-7-9(2)10(8)11(3)4;1-14(2)6-3-4-8(10)7(5-6)9(11,12)13;1-9(2)7-4-3-5-8(10)6-7/h1,3-4,7-8H,2,5-6,9-10H2;6-7H,1-5H3;1-5,11H,6-9H2;1-5H,6-9H2;4-8H,3,9H2,1-2H3;5-7H,1-4H3;3-5H,1-2H3;3-6,10H,1-2H3. The zero-order chi connectivity index (χ0) is 69.7. The van der Waals surface area contributed by atoms with E-state index >= 15 is 0 Å². The zero-order valence-corrected chi connectivity index (χ0v) is 61.0. The molecule has 0 aromatic heterocycles. The topological polar surface area (TPSA) is 76.6 Å². The summed E-state index contributed by atoms with van der Waals surface area (Å²) in [5.41, 5.74) is 15.6. The molecule has 0 unspecified atom stereocenters. The number of nitrogens with zero attached hydrogens (tertiary/aromatic N) is 8. The first-order valence-corrected chi connectivity index (χ1v) is 33.7. The number of hydrogen-bond donors (Lipinski definition) is 2. The molecule has 8 aromatic rings. The van der Waals surface area contributed by atoms with Gasteiger partial charge in [0.1, 0.15) is 12.5 Å². The molecule has 516 valence electrons. The second-order valence-electron chi connectivity index (χ2n) is 24.3. The van der Waals surface area contributed by atoms with Crippen LogP contribution < -0.4 is 44.5 Å². The number of piperidine rings is 1. The van der Waals surface area contributed by atoms with Gasteiger partial charge in [-0.25, -0.2) is 0 Å². The normalized spacial score (nSPS) is 13.1. The second-order valence-corrected chi connectivity index (χ2v) is 25.1. The van der Waals surface area contributed by atoms with Crippen LogP contribution in [-0.4, -0.2) is 147 Å². The Balaban J connectivity index is 0.000000231. The Morgan fingerprint density at radius 2 is 0.874 bits per heavy atom. The first kappa shape index (κ1) is 79.5. The third-order valence-electron chi connectivity index (χ3n) is 15.6. The van der Waals surface area contributed by atoms with Gasteiger partial charge in [-0.2, -0.15) is 13.2 Å². The van der Waals surface area contributed by atoms with E-state index in [0.29, 0.717) is 18.2 Å². The summed E-state index contributed by atoms with van der Waals surface area (Å²) >= 11 is 2.88. The number of hydrogen-bond acceptors (Lipinski definition) is 12. The first-order chi connectivity index (χ1) is 45.4. The SMILES string of the molecule is CCOCN(C)c1ccccc1.CN(C)c1ccc(Br)c(C(F)(F)F)c1.CN(C)c1cccc(O)c1.Cc1cc(C)c(N(C)C)c(C)c1.Cc1cccc(C)c1N(C)C.c1ccc(N2CCCCC2)cc1.c1ccc(N2CCNCC2)cc1.c1ccc(N2CCOCC2)cc1. The largest absolute Gasteiger partial charge is 0.508 e. The molecule has 0 bridgehead atoms. The number of phenols is 1. The van der Waals surface area contributed by atoms with Gasteiger partial charge in [0.25, 0.3) is 0 Å². The average molecular weight is 1370 g/mol. The minimum Gasteiger partial charge on any atom is -0.508 e. The molecule has 0 atom stereocenters. The summed E-state index contributed by atoms with van der Waals surface area (Å²) < 4.78 is 48.0. The number of ether oxygens (including phenoxy) is 2. The lowest BCUT2D eigenvalue weighted by Gasteiger charge is -2.29. The van der Waals surface area contributed by atoms with Crippen LogP contribution >= 0.6 is 15.9 Å². The molecule has 0 spiro atoms. The van der Waals surface area contributed by atoms with E-state index < -0.39 is 11.7 Å². The van der Waals surface area contributed by atoms with Crippen LogP contribution in [0.4, 0.5) is 58.7 Å². The van der Waals surface area contributed by atoms with Gasteiger partial charge < -0.3 is 59.1 Å². The summed E-state index contributed by atoms with van der Waals surface area (Å²) in [6.07, 6.45) is -0.196. The van der Waals surface area contributed by atoms with Crippen LogP contribution in [0.5, 0.6) is 5.75 Å². The summed E-state index contributed by atoms with van der Waals surface area (Å²) in [7, 11) is 17.6. The van der Waals surface area contributed by atoms with E-state index in [-0.39, 0.29) is 4.47 Å². The molecule has 2 N–H and O–H groups in total. The number of morpholine rings is 1. The summed E-state index contributed by atoms with van der Waals surface area (Å²) in [5.74, 6) is 0.311. The predicted octanol–water partition coefficient (Wildman–Crippen LogP) is 17.5. The summed E-state index contributed by atoms with van der Waals surface area (Å²) in [6.45, 7) is 24.9. The highest BCUT2D eigenvalue weighted by Gasteiger charge is 2.33. The molecule has 12 nitrogen and oxygen atoms in total. The van der Waals surface area contributed by atoms with E-state index in [1.54, 1.807) is 37.2 Å². The van der Waals surface area contributed by atoms with Crippen LogP contribution in [0, 0.1) is 34.6 Å². The third-order valence-corrected chi connectivity index (χ3v) is 16.3. The Bertz CT molecular complexity index is 3160. The number of para-hydroxylation sites is 5. The maximum Gasteiger partial charge on any atom is 0.417 e. The van der Waals surface area contributed by atoms with E-state index in [9.17, 15) is 13.2 Å². The third kappa shape index (κ3) is 29.7. The maximum absolute atomic E-state index is 12.4. The van der Waals surface area contributed by atoms with E-state index in [4.69, 9.17) is 14.6 Å². The predicted molar refractivity (Wildman–Crippen MR) is 406 cm³/mol. The fraction of sp³-hybridized carbons (Fsp3) is 0.392. The van der Waals surface area contributed by atoms with Gasteiger partial charge in [-0.05, 0) is 162 Å². The monoisotopic (exact) mass is 1370 g/mol. The van der Waals surface area contributed by atoms with Gasteiger partial charge in [-0.1, -0.05) is 131 Å². The maximum atomic E-state index is 12.4. The van der Waals surface area contributed by atoms with E-state index in [2.05, 4.69) is 241 Å². The second kappa shape index (κ2) is 43.2. The molecule has 3 aliphatic heterocycles. The van der Waals surface area contributed by atoms with Crippen molar-refractivity contribution in [2.45, 2.75) is 67.0 Å². The number of piperazine rings is 1. The highest BCUT2D eigenvalue weighted by atomic mass is 79.9. The molecule has 8 aromatic carbocycles. The van der Waals surface area contributed by atoms with E-state index in [1.807, 2.05) is 69.4 Å². The van der Waals surface area contributed by atoms with Crippen molar-refractivity contribution in [1.29, 1.82) is 0 Å². The molecule has 3 fully saturated rings. The smallest absolute Gasteiger partial charge is 0.417 e. The molecule has 0 radical (unpaired) electrons. The highest BCUT2D eigenvalue weighted by molar-refractivity contribution is 9.10. The van der Waals surface area contributed by atoms with Gasteiger partial charge in [0.05, 0.1) is 18.8 Å². The van der Waals surface area contributed by atoms with Gasteiger partial charge in [-0.15, -0.1) is 0 Å². The number of anilines is 8. The molecule has 95 heavy (non-hydrogen) atoms. The van der Waals surface area contributed by atoms with Crippen molar-refractivity contribution >= 4 is 61.4 Å². The molecule has 3 aliphatic rings. The van der Waals surface area contributed by atoms with E-state index in [0.717, 1.165) is 70.8 Å². The molecule has 3 heterocycles. The summed E-state index contributed by atoms with van der Waals surface area (Å²) in [5, 5.41) is 12.4. The van der Waals surface area contributed by atoms with Crippen molar-refractivity contribution < 1.29 is 27.8 Å². The Morgan fingerprint density at radius 1 is 0.463 bits per heavy atom. The quantitative estimate of drug-likeness (QED) is 0.121. The molecule has 11 rings (SSSR count). The van der Waals surface area contributed by atoms with Gasteiger partial charge >= 0.3 is 6.18 Å². The number of halogens is 4. The van der Waals surface area contributed by atoms with E-state index in [1.165, 1.54) is 100 Å². The minimum absolute atomic E-state index is 0.0654. The molecular formula is C79H109BrF3N9O3. The summed E-state index contributed by atoms with van der Waals surface area (Å²) in [6, 6.07) is 64.1. The molecule has 3 saturated heterocycles. The van der Waals surface area contributed by atoms with Gasteiger partial charge in [0.15, 0.2) is 0 Å². The van der Waals surface area contributed by atoms with Crippen molar-refractivity contribution in [2.75, 3.05) is 182 Å². The molecule has 0 aliphatic carbocycles. The van der Waals surface area contributed by atoms with Crippen LogP contribution in [0.3, 0.4) is 0 Å². The number of alkyl halides is 3.